The molecule has 0 unspecified atom stereocenters. The summed E-state index contributed by atoms with van der Waals surface area (Å²) in [4.78, 5) is 25.8. The Morgan fingerprint density at radius 3 is 2.77 bits per heavy atom. The molecule has 0 saturated heterocycles. The van der Waals surface area contributed by atoms with Gasteiger partial charge < -0.3 is 19.6 Å². The number of rotatable bonds is 8. The smallest absolute Gasteiger partial charge is 0.275 e. The molecule has 0 saturated carbocycles. The minimum Gasteiger partial charge on any atom is -0.497 e. The van der Waals surface area contributed by atoms with Crippen LogP contribution in [0.2, 0.25) is 0 Å². The summed E-state index contributed by atoms with van der Waals surface area (Å²) in [5.74, 6) is 0.438. The van der Waals surface area contributed by atoms with E-state index in [1.54, 1.807) is 17.6 Å². The summed E-state index contributed by atoms with van der Waals surface area (Å²) in [7, 11) is 1.59. The molecular formula is C23H27N3O4. The van der Waals surface area contributed by atoms with Gasteiger partial charge in [0.15, 0.2) is 0 Å². The van der Waals surface area contributed by atoms with Gasteiger partial charge in [0.1, 0.15) is 17.8 Å². The van der Waals surface area contributed by atoms with Crippen molar-refractivity contribution in [2.24, 2.45) is 0 Å². The Bertz CT molecular complexity index is 1130. The lowest BCUT2D eigenvalue weighted by Gasteiger charge is -2.16. The molecule has 0 bridgehead atoms. The zero-order valence-corrected chi connectivity index (χ0v) is 17.5. The molecule has 2 N–H and O–H groups in total. The van der Waals surface area contributed by atoms with Crippen LogP contribution in [-0.2, 0) is 11.3 Å². The molecule has 0 aliphatic carbocycles. The van der Waals surface area contributed by atoms with E-state index in [1.807, 2.05) is 62.7 Å². The van der Waals surface area contributed by atoms with Crippen LogP contribution >= 0.6 is 0 Å². The van der Waals surface area contributed by atoms with Gasteiger partial charge in [-0.2, -0.15) is 0 Å². The van der Waals surface area contributed by atoms with E-state index in [0.29, 0.717) is 23.4 Å². The fraction of sp³-hybridized carbons (Fsp3) is 0.304. The highest BCUT2D eigenvalue weighted by Gasteiger charge is 2.16. The largest absolute Gasteiger partial charge is 0.497 e. The maximum absolute atomic E-state index is 13.3. The van der Waals surface area contributed by atoms with Crippen LogP contribution in [-0.4, -0.2) is 39.7 Å². The molecule has 3 rings (SSSR count). The van der Waals surface area contributed by atoms with Crippen LogP contribution in [0.25, 0.3) is 22.9 Å². The number of benzene rings is 1. The minimum atomic E-state index is -0.254. The van der Waals surface area contributed by atoms with Crippen molar-refractivity contribution in [3.8, 4) is 17.0 Å². The maximum atomic E-state index is 13.3. The van der Waals surface area contributed by atoms with Gasteiger partial charge in [-0.1, -0.05) is 24.3 Å². The number of carbonyl (C=O) groups is 1. The molecule has 30 heavy (non-hydrogen) atoms. The van der Waals surface area contributed by atoms with Crippen molar-refractivity contribution in [3.05, 3.63) is 64.7 Å². The maximum Gasteiger partial charge on any atom is 0.275 e. The van der Waals surface area contributed by atoms with Crippen LogP contribution in [0.5, 0.6) is 5.75 Å². The molecule has 0 aliphatic rings. The lowest BCUT2D eigenvalue weighted by Crippen LogP contribution is -2.36. The third-order valence-electron chi connectivity index (χ3n) is 4.61. The molecule has 0 spiro atoms. The predicted octanol–water partition coefficient (Wildman–Crippen LogP) is 2.70. The van der Waals surface area contributed by atoms with Crippen molar-refractivity contribution >= 4 is 17.5 Å². The van der Waals surface area contributed by atoms with Gasteiger partial charge in [0.2, 0.25) is 5.91 Å². The van der Waals surface area contributed by atoms with Gasteiger partial charge in [0.05, 0.1) is 12.8 Å². The first-order chi connectivity index (χ1) is 14.4. The quantitative estimate of drug-likeness (QED) is 0.599. The second-order valence-corrected chi connectivity index (χ2v) is 7.34. The van der Waals surface area contributed by atoms with Crippen molar-refractivity contribution in [1.29, 1.82) is 0 Å². The van der Waals surface area contributed by atoms with Crippen LogP contribution < -0.4 is 15.6 Å². The number of carbonyl (C=O) groups excluding carboxylic acids is 1. The summed E-state index contributed by atoms with van der Waals surface area (Å²) in [5, 5.41) is 11.8. The van der Waals surface area contributed by atoms with E-state index in [4.69, 9.17) is 9.84 Å². The summed E-state index contributed by atoms with van der Waals surface area (Å²) in [6.45, 7) is 3.75. The molecular weight excluding hydrogens is 382 g/mol. The van der Waals surface area contributed by atoms with Gasteiger partial charge in [-0.15, -0.1) is 0 Å². The van der Waals surface area contributed by atoms with Crippen LogP contribution in [0.4, 0.5) is 0 Å². The number of nitrogens with one attached hydrogen (secondary N) is 1. The zero-order chi connectivity index (χ0) is 21.7. The number of fused-ring (bicyclic) bond motifs is 1. The van der Waals surface area contributed by atoms with Crippen LogP contribution in [0.15, 0.2) is 53.6 Å². The highest BCUT2D eigenvalue weighted by molar-refractivity contribution is 5.77. The zero-order valence-electron chi connectivity index (χ0n) is 17.5. The first-order valence-corrected chi connectivity index (χ1v) is 9.89. The van der Waals surface area contributed by atoms with E-state index in [-0.39, 0.29) is 30.7 Å². The van der Waals surface area contributed by atoms with Crippen molar-refractivity contribution in [3.63, 3.8) is 0 Å². The number of aromatic nitrogens is 2. The molecule has 0 aliphatic heterocycles. The molecule has 1 aromatic carbocycles. The number of hydrogen-bond donors (Lipinski definition) is 2. The molecule has 1 amide bonds. The summed E-state index contributed by atoms with van der Waals surface area (Å²) >= 11 is 0. The number of amides is 1. The molecule has 2 aromatic heterocycles. The fourth-order valence-electron chi connectivity index (χ4n) is 3.29. The topological polar surface area (TPSA) is 85.0 Å². The molecule has 7 nitrogen and oxygen atoms in total. The lowest BCUT2D eigenvalue weighted by atomic mass is 10.1. The predicted molar refractivity (Wildman–Crippen MR) is 118 cm³/mol. The molecule has 3 aromatic rings. The molecule has 0 fully saturated rings. The monoisotopic (exact) mass is 409 g/mol. The Balaban J connectivity index is 2.16. The van der Waals surface area contributed by atoms with Gasteiger partial charge in [0, 0.05) is 30.6 Å². The van der Waals surface area contributed by atoms with Crippen LogP contribution in [0.1, 0.15) is 25.8 Å². The van der Waals surface area contributed by atoms with Gasteiger partial charge >= 0.3 is 0 Å². The van der Waals surface area contributed by atoms with E-state index in [9.17, 15) is 9.59 Å². The number of nitrogens with zero attached hydrogens (tertiary/aromatic N) is 2. The summed E-state index contributed by atoms with van der Waals surface area (Å²) in [6.07, 6.45) is 7.96. The first kappa shape index (κ1) is 21.4. The lowest BCUT2D eigenvalue weighted by molar-refractivity contribution is -0.122. The first-order valence-electron chi connectivity index (χ1n) is 9.89. The number of aliphatic hydroxyl groups is 1. The normalized spacial score (nSPS) is 11.5. The van der Waals surface area contributed by atoms with E-state index < -0.39 is 0 Å². The third-order valence-corrected chi connectivity index (χ3v) is 4.61. The van der Waals surface area contributed by atoms with Gasteiger partial charge in [-0.3, -0.25) is 14.2 Å². The summed E-state index contributed by atoms with van der Waals surface area (Å²) in [5.41, 5.74) is 2.46. The Morgan fingerprint density at radius 2 is 2.07 bits per heavy atom. The molecule has 2 heterocycles. The average Bonchev–Trinajstić information content (AvgIpc) is 3.13. The Hall–Kier alpha value is -3.32. The summed E-state index contributed by atoms with van der Waals surface area (Å²) in [6, 6.07) is 9.15. The Labute approximate surface area is 175 Å². The van der Waals surface area contributed by atoms with Crippen molar-refractivity contribution in [2.75, 3.05) is 13.7 Å². The number of methoxy groups -OCH3 is 1. The van der Waals surface area contributed by atoms with Gasteiger partial charge in [-0.05, 0) is 44.0 Å². The minimum absolute atomic E-state index is 0.0197. The fourth-order valence-corrected chi connectivity index (χ4v) is 3.29. The van der Waals surface area contributed by atoms with E-state index in [2.05, 4.69) is 5.32 Å². The number of aliphatic hydroxyl groups excluding tert-OH is 1. The van der Waals surface area contributed by atoms with Crippen molar-refractivity contribution in [2.45, 2.75) is 32.9 Å². The van der Waals surface area contributed by atoms with Crippen molar-refractivity contribution in [1.82, 2.24) is 14.3 Å². The SMILES string of the molecule is COc1cccc(-c2cn3cc(/C=C/CCO)cc3c(=O)n2CC(=O)NC(C)C)c1. The van der Waals surface area contributed by atoms with Crippen molar-refractivity contribution < 1.29 is 14.6 Å². The van der Waals surface area contributed by atoms with E-state index in [0.717, 1.165) is 11.1 Å². The second-order valence-electron chi connectivity index (χ2n) is 7.34. The highest BCUT2D eigenvalue weighted by Crippen LogP contribution is 2.24. The van der Waals surface area contributed by atoms with E-state index in [1.165, 1.54) is 4.57 Å². The molecule has 0 radical (unpaired) electrons. The van der Waals surface area contributed by atoms with E-state index >= 15 is 0 Å². The second kappa shape index (κ2) is 9.45. The number of hydrogen-bond acceptors (Lipinski definition) is 4. The van der Waals surface area contributed by atoms with Crippen LogP contribution in [0.3, 0.4) is 0 Å². The Morgan fingerprint density at radius 1 is 1.27 bits per heavy atom. The average molecular weight is 409 g/mol. The molecule has 158 valence electrons. The third kappa shape index (κ3) is 4.80. The highest BCUT2D eigenvalue weighted by atomic mass is 16.5. The van der Waals surface area contributed by atoms with Crippen LogP contribution in [0, 0.1) is 0 Å². The van der Waals surface area contributed by atoms with Gasteiger partial charge in [-0.25, -0.2) is 0 Å². The van der Waals surface area contributed by atoms with Gasteiger partial charge in [0.25, 0.3) is 5.56 Å². The summed E-state index contributed by atoms with van der Waals surface area (Å²) < 4.78 is 8.58. The standard InChI is InChI=1S/C23H27N3O4/c1-16(2)24-22(28)15-26-21(18-8-6-9-19(12-18)30-3)14-25-13-17(7-4-5-10-27)11-20(25)23(26)29/h4,6-9,11-14,16,27H,5,10,15H2,1-3H3,(H,24,28)/b7-4+. The molecule has 7 heteroatoms. The molecule has 0 atom stereocenters. The Kier molecular flexibility index (Phi) is 6.74. The number of ether oxygens (including phenoxy) is 1.